The summed E-state index contributed by atoms with van der Waals surface area (Å²) in [6, 6.07) is 5.15. The van der Waals surface area contributed by atoms with Gasteiger partial charge in [-0.25, -0.2) is 0 Å². The number of carbonyl (C=O) groups excluding carboxylic acids is 1. The van der Waals surface area contributed by atoms with Crippen molar-refractivity contribution >= 4 is 17.5 Å². The molecule has 0 saturated carbocycles. The van der Waals surface area contributed by atoms with E-state index in [0.717, 1.165) is 0 Å². The van der Waals surface area contributed by atoms with Gasteiger partial charge in [-0.15, -0.1) is 0 Å². The molecule has 0 saturated heterocycles. The zero-order valence-corrected chi connectivity index (χ0v) is 12.4. The van der Waals surface area contributed by atoms with Gasteiger partial charge < -0.3 is 14.7 Å². The van der Waals surface area contributed by atoms with E-state index in [2.05, 4.69) is 0 Å². The van der Waals surface area contributed by atoms with Gasteiger partial charge in [-0.1, -0.05) is 17.7 Å². The molecule has 1 N–H and O–H groups in total. The molecular weight excluding hydrogens is 266 g/mol. The fourth-order valence-corrected chi connectivity index (χ4v) is 1.67. The van der Waals surface area contributed by atoms with Crippen molar-refractivity contribution < 1.29 is 14.6 Å². The van der Waals surface area contributed by atoms with Crippen LogP contribution < -0.4 is 4.74 Å². The Morgan fingerprint density at radius 2 is 2.05 bits per heavy atom. The SMILES string of the molecule is CC(C)N(C)C(=O)COc1ccc([C@@H](C)O)cc1Cl. The monoisotopic (exact) mass is 285 g/mol. The lowest BCUT2D eigenvalue weighted by atomic mass is 10.1. The van der Waals surface area contributed by atoms with E-state index in [4.69, 9.17) is 16.3 Å². The van der Waals surface area contributed by atoms with Gasteiger partial charge in [0.1, 0.15) is 5.75 Å². The number of ether oxygens (including phenoxy) is 1. The minimum atomic E-state index is -0.583. The van der Waals surface area contributed by atoms with E-state index in [9.17, 15) is 9.90 Å². The second kappa shape index (κ2) is 6.78. The zero-order chi connectivity index (χ0) is 14.6. The molecule has 4 nitrogen and oxygen atoms in total. The van der Waals surface area contributed by atoms with Crippen LogP contribution in [0.25, 0.3) is 0 Å². The largest absolute Gasteiger partial charge is 0.482 e. The fraction of sp³-hybridized carbons (Fsp3) is 0.500. The first kappa shape index (κ1) is 15.8. The third-order valence-electron chi connectivity index (χ3n) is 2.96. The van der Waals surface area contributed by atoms with E-state index < -0.39 is 6.10 Å². The molecule has 1 aromatic rings. The molecule has 1 amide bonds. The zero-order valence-electron chi connectivity index (χ0n) is 11.7. The van der Waals surface area contributed by atoms with Crippen LogP contribution in [-0.4, -0.2) is 35.6 Å². The molecular formula is C14H20ClNO3. The molecule has 1 rings (SSSR count). The topological polar surface area (TPSA) is 49.8 Å². The molecule has 0 aromatic heterocycles. The molecule has 0 unspecified atom stereocenters. The summed E-state index contributed by atoms with van der Waals surface area (Å²) in [5.41, 5.74) is 0.711. The Hall–Kier alpha value is -1.26. The number of nitrogens with zero attached hydrogens (tertiary/aromatic N) is 1. The van der Waals surface area contributed by atoms with E-state index in [-0.39, 0.29) is 18.6 Å². The summed E-state index contributed by atoms with van der Waals surface area (Å²) in [4.78, 5) is 13.4. The maximum atomic E-state index is 11.8. The first-order valence-corrected chi connectivity index (χ1v) is 6.56. The Morgan fingerprint density at radius 1 is 1.42 bits per heavy atom. The summed E-state index contributed by atoms with van der Waals surface area (Å²) in [6.45, 7) is 5.47. The third-order valence-corrected chi connectivity index (χ3v) is 3.25. The molecule has 19 heavy (non-hydrogen) atoms. The number of aliphatic hydroxyl groups is 1. The number of aliphatic hydroxyl groups excluding tert-OH is 1. The maximum absolute atomic E-state index is 11.8. The highest BCUT2D eigenvalue weighted by Crippen LogP contribution is 2.27. The number of hydrogen-bond donors (Lipinski definition) is 1. The van der Waals surface area contributed by atoms with Crippen LogP contribution in [0.2, 0.25) is 5.02 Å². The van der Waals surface area contributed by atoms with Crippen LogP contribution in [0.3, 0.4) is 0 Å². The molecule has 0 radical (unpaired) electrons. The summed E-state index contributed by atoms with van der Waals surface area (Å²) in [6.07, 6.45) is -0.583. The van der Waals surface area contributed by atoms with Gasteiger partial charge in [0.05, 0.1) is 11.1 Å². The Labute approximate surface area is 118 Å². The van der Waals surface area contributed by atoms with Crippen molar-refractivity contribution in [3.05, 3.63) is 28.8 Å². The smallest absolute Gasteiger partial charge is 0.260 e. The number of amides is 1. The summed E-state index contributed by atoms with van der Waals surface area (Å²) in [5.74, 6) is 0.335. The average Bonchev–Trinajstić information content (AvgIpc) is 2.35. The van der Waals surface area contributed by atoms with Crippen molar-refractivity contribution in [3.8, 4) is 5.75 Å². The Kier molecular flexibility index (Phi) is 5.63. The summed E-state index contributed by atoms with van der Waals surface area (Å²) >= 11 is 6.04. The maximum Gasteiger partial charge on any atom is 0.260 e. The van der Waals surface area contributed by atoms with Crippen LogP contribution in [0, 0.1) is 0 Å². The minimum Gasteiger partial charge on any atom is -0.482 e. The van der Waals surface area contributed by atoms with Crippen LogP contribution in [0.4, 0.5) is 0 Å². The van der Waals surface area contributed by atoms with Crippen LogP contribution in [0.1, 0.15) is 32.4 Å². The summed E-state index contributed by atoms with van der Waals surface area (Å²) < 4.78 is 5.40. The second-order valence-corrected chi connectivity index (χ2v) is 5.16. The molecule has 0 fully saturated rings. The van der Waals surface area contributed by atoms with Crippen molar-refractivity contribution in [2.75, 3.05) is 13.7 Å². The first-order valence-electron chi connectivity index (χ1n) is 6.19. The lowest BCUT2D eigenvalue weighted by molar-refractivity contribution is -0.133. The number of carbonyl (C=O) groups is 1. The van der Waals surface area contributed by atoms with Gasteiger partial charge >= 0.3 is 0 Å². The van der Waals surface area contributed by atoms with Gasteiger partial charge in [-0.3, -0.25) is 4.79 Å². The van der Waals surface area contributed by atoms with E-state index in [0.29, 0.717) is 16.3 Å². The normalized spacial score (nSPS) is 12.4. The van der Waals surface area contributed by atoms with Crippen molar-refractivity contribution in [1.29, 1.82) is 0 Å². The highest BCUT2D eigenvalue weighted by Gasteiger charge is 2.13. The molecule has 0 spiro atoms. The van der Waals surface area contributed by atoms with E-state index in [1.54, 1.807) is 37.1 Å². The number of halogens is 1. The molecule has 106 valence electrons. The lowest BCUT2D eigenvalue weighted by Gasteiger charge is -2.21. The Bertz CT molecular complexity index is 446. The van der Waals surface area contributed by atoms with Crippen LogP contribution in [0.5, 0.6) is 5.75 Å². The van der Waals surface area contributed by atoms with Gasteiger partial charge in [-0.2, -0.15) is 0 Å². The average molecular weight is 286 g/mol. The third kappa shape index (κ3) is 4.40. The van der Waals surface area contributed by atoms with Gasteiger partial charge in [0.2, 0.25) is 0 Å². The van der Waals surface area contributed by atoms with Crippen molar-refractivity contribution in [2.24, 2.45) is 0 Å². The quantitative estimate of drug-likeness (QED) is 0.905. The molecule has 0 aliphatic rings. The van der Waals surface area contributed by atoms with Crippen LogP contribution in [-0.2, 0) is 4.79 Å². The van der Waals surface area contributed by atoms with Gasteiger partial charge in [0, 0.05) is 13.1 Å². The van der Waals surface area contributed by atoms with Crippen molar-refractivity contribution in [3.63, 3.8) is 0 Å². The minimum absolute atomic E-state index is 0.0531. The highest BCUT2D eigenvalue weighted by atomic mass is 35.5. The van der Waals surface area contributed by atoms with E-state index in [1.165, 1.54) is 0 Å². The summed E-state index contributed by atoms with van der Waals surface area (Å²) in [5, 5.41) is 9.82. The van der Waals surface area contributed by atoms with Gasteiger partial charge in [-0.05, 0) is 38.5 Å². The predicted molar refractivity (Wildman–Crippen MR) is 75.5 cm³/mol. The second-order valence-electron chi connectivity index (χ2n) is 4.75. The number of hydrogen-bond acceptors (Lipinski definition) is 3. The molecule has 5 heteroatoms. The Balaban J connectivity index is 2.66. The molecule has 0 bridgehead atoms. The Morgan fingerprint density at radius 3 is 2.53 bits per heavy atom. The number of likely N-dealkylation sites (N-methyl/N-ethyl adjacent to an activating group) is 1. The number of benzene rings is 1. The number of rotatable bonds is 5. The van der Waals surface area contributed by atoms with E-state index >= 15 is 0 Å². The fourth-order valence-electron chi connectivity index (χ4n) is 1.42. The summed E-state index contributed by atoms with van der Waals surface area (Å²) in [7, 11) is 1.73. The van der Waals surface area contributed by atoms with Crippen LogP contribution in [0.15, 0.2) is 18.2 Å². The van der Waals surface area contributed by atoms with Gasteiger partial charge in [0.15, 0.2) is 6.61 Å². The standard InChI is InChI=1S/C14H20ClNO3/c1-9(2)16(4)14(18)8-19-13-6-5-11(10(3)17)7-12(13)15/h5-7,9-10,17H,8H2,1-4H3/t10-/m1/s1. The lowest BCUT2D eigenvalue weighted by Crippen LogP contribution is -2.36. The molecule has 0 heterocycles. The van der Waals surface area contributed by atoms with Crippen molar-refractivity contribution in [1.82, 2.24) is 4.90 Å². The van der Waals surface area contributed by atoms with Crippen LogP contribution >= 0.6 is 11.6 Å². The molecule has 0 aliphatic heterocycles. The predicted octanol–water partition coefficient (Wildman–Crippen LogP) is 2.64. The van der Waals surface area contributed by atoms with E-state index in [1.807, 2.05) is 13.8 Å². The molecule has 0 aliphatic carbocycles. The highest BCUT2D eigenvalue weighted by molar-refractivity contribution is 6.32. The first-order chi connectivity index (χ1) is 8.82. The molecule has 1 aromatic carbocycles. The molecule has 1 atom stereocenters. The van der Waals surface area contributed by atoms with Gasteiger partial charge in [0.25, 0.3) is 5.91 Å². The van der Waals surface area contributed by atoms with Crippen molar-refractivity contribution in [2.45, 2.75) is 32.9 Å².